The van der Waals surface area contributed by atoms with E-state index in [2.05, 4.69) is 4.40 Å². The Labute approximate surface area is 255 Å². The molecule has 0 aliphatic heterocycles. The number of carbonyl (C=O) groups is 1. The van der Waals surface area contributed by atoms with Gasteiger partial charge in [-0.2, -0.15) is 26.0 Å². The van der Waals surface area contributed by atoms with Crippen LogP contribution in [0.3, 0.4) is 0 Å². The number of sulfonamides is 1. The van der Waals surface area contributed by atoms with Gasteiger partial charge < -0.3 is 23.9 Å². The van der Waals surface area contributed by atoms with Gasteiger partial charge in [0.1, 0.15) is 22.5 Å². The van der Waals surface area contributed by atoms with E-state index >= 15 is 0 Å². The molecule has 2 atom stereocenters. The molecule has 4 aliphatic carbocycles. The van der Waals surface area contributed by atoms with E-state index in [0.717, 1.165) is 6.42 Å². The lowest BCUT2D eigenvalue weighted by molar-refractivity contribution is -0.256. The molecule has 0 radical (unpaired) electrons. The molecule has 18 heteroatoms. The lowest BCUT2D eigenvalue weighted by Gasteiger charge is -2.62. The first kappa shape index (κ1) is 32.0. The predicted octanol–water partition coefficient (Wildman–Crippen LogP) is 2.69. The second-order valence-corrected chi connectivity index (χ2v) is 15.5. The first-order valence-corrected chi connectivity index (χ1v) is 16.8. The van der Waals surface area contributed by atoms with E-state index in [4.69, 9.17) is 14.2 Å². The normalized spacial score (nSPS) is 28.5. The minimum absolute atomic E-state index is 0.0291. The Kier molecular flexibility index (Phi) is 9.00. The Morgan fingerprint density at radius 2 is 1.62 bits per heavy atom. The lowest BCUT2D eigenvalue weighted by Crippen LogP contribution is -2.61. The van der Waals surface area contributed by atoms with Gasteiger partial charge in [0.2, 0.25) is 0 Å². The van der Waals surface area contributed by atoms with E-state index in [1.807, 2.05) is 0 Å². The molecule has 4 fully saturated rings. The molecule has 2 unspecified atom stereocenters. The fraction of sp³-hybridized carbons (Fsp3) is 0.636. The summed E-state index contributed by atoms with van der Waals surface area (Å²) in [6, 6.07) is 2.58. The Morgan fingerprint density at radius 1 is 1.05 bits per heavy atom. The lowest BCUT2D eigenvalue weighted by atomic mass is 9.47. The number of esters is 1. The summed E-state index contributed by atoms with van der Waals surface area (Å²) in [5.74, 6) is -1.96. The molecular formula is C22H22F3I2NO10S2-2. The third kappa shape index (κ3) is 6.81. The van der Waals surface area contributed by atoms with Crippen molar-refractivity contribution in [2.45, 2.75) is 54.5 Å². The van der Waals surface area contributed by atoms with E-state index in [1.165, 1.54) is 12.1 Å². The fourth-order valence-electron chi connectivity index (χ4n) is 6.31. The molecule has 4 saturated carbocycles. The number of hydrogen-bond donors (Lipinski definition) is 0. The van der Waals surface area contributed by atoms with Crippen LogP contribution in [0.25, 0.3) is 0 Å². The first-order valence-electron chi connectivity index (χ1n) is 11.8. The molecule has 0 N–H and O–H groups in total. The van der Waals surface area contributed by atoms with Crippen molar-refractivity contribution in [3.05, 3.63) is 19.3 Å². The zero-order chi connectivity index (χ0) is 29.7. The van der Waals surface area contributed by atoms with E-state index in [9.17, 15) is 44.5 Å². The smallest absolute Gasteiger partial charge is 0.518 e. The summed E-state index contributed by atoms with van der Waals surface area (Å²) in [5.41, 5.74) is -7.87. The molecule has 1 aromatic rings. The highest BCUT2D eigenvalue weighted by atomic mass is 127. The van der Waals surface area contributed by atoms with Gasteiger partial charge >= 0.3 is 21.5 Å². The quantitative estimate of drug-likeness (QED) is 0.0853. The zero-order valence-corrected chi connectivity index (χ0v) is 26.4. The van der Waals surface area contributed by atoms with Crippen molar-refractivity contribution in [3.8, 4) is 5.75 Å². The van der Waals surface area contributed by atoms with Crippen molar-refractivity contribution in [1.29, 1.82) is 0 Å². The van der Waals surface area contributed by atoms with E-state index in [-0.39, 0.29) is 62.1 Å². The highest BCUT2D eigenvalue weighted by Crippen LogP contribution is 2.63. The number of carbonyl (C=O) groups excluding carboxylic acids is 1. The van der Waals surface area contributed by atoms with E-state index in [0.29, 0.717) is 12.8 Å². The van der Waals surface area contributed by atoms with Crippen LogP contribution < -0.4 is 9.84 Å². The van der Waals surface area contributed by atoms with Crippen LogP contribution in [0.5, 0.6) is 5.75 Å². The maximum absolute atomic E-state index is 12.8. The highest BCUT2D eigenvalue weighted by molar-refractivity contribution is 14.1. The molecule has 4 bridgehead atoms. The number of hydrogen-bond acceptors (Lipinski definition) is 10. The monoisotopic (exact) mass is 835 g/mol. The average molecular weight is 835 g/mol. The van der Waals surface area contributed by atoms with Crippen LogP contribution in [0.1, 0.15) is 38.5 Å². The second kappa shape index (κ2) is 11.3. The van der Waals surface area contributed by atoms with Crippen LogP contribution in [0, 0.1) is 24.4 Å². The minimum atomic E-state index is -5.96. The molecule has 11 nitrogen and oxygen atoms in total. The number of rotatable bonds is 10. The van der Waals surface area contributed by atoms with Crippen molar-refractivity contribution in [1.82, 2.24) is 0 Å². The van der Waals surface area contributed by atoms with Crippen LogP contribution >= 0.6 is 45.2 Å². The van der Waals surface area contributed by atoms with Gasteiger partial charge in [-0.05, 0) is 114 Å². The van der Waals surface area contributed by atoms with Gasteiger partial charge in [0.05, 0.1) is 17.1 Å². The van der Waals surface area contributed by atoms with Crippen molar-refractivity contribution in [2.24, 2.45) is 21.6 Å². The van der Waals surface area contributed by atoms with Crippen molar-refractivity contribution in [2.75, 3.05) is 19.8 Å². The topological polar surface area (TPSA) is 172 Å². The maximum Gasteiger partial charge on any atom is 0.518 e. The molecule has 0 heterocycles. The van der Waals surface area contributed by atoms with Gasteiger partial charge in [0.25, 0.3) is 0 Å². The van der Waals surface area contributed by atoms with Gasteiger partial charge in [-0.3, -0.25) is 0 Å². The summed E-state index contributed by atoms with van der Waals surface area (Å²) in [7, 11) is -10.6. The van der Waals surface area contributed by atoms with Gasteiger partial charge in [-0.25, -0.2) is 13.2 Å². The number of benzene rings is 1. The molecular weight excluding hydrogens is 813 g/mol. The largest absolute Gasteiger partial charge is 0.861 e. The van der Waals surface area contributed by atoms with Crippen molar-refractivity contribution in [3.63, 3.8) is 0 Å². The van der Waals surface area contributed by atoms with Gasteiger partial charge in [0.15, 0.2) is 6.61 Å². The van der Waals surface area contributed by atoms with Gasteiger partial charge in [-0.15, -0.1) is 0 Å². The van der Waals surface area contributed by atoms with Crippen LogP contribution in [0.2, 0.25) is 0 Å². The Balaban J connectivity index is 1.32. The van der Waals surface area contributed by atoms with Crippen LogP contribution in [-0.4, -0.2) is 64.2 Å². The van der Waals surface area contributed by atoms with Gasteiger partial charge in [0, 0.05) is 12.6 Å². The van der Waals surface area contributed by atoms with Crippen LogP contribution in [-0.2, 0) is 34.4 Å². The summed E-state index contributed by atoms with van der Waals surface area (Å²) in [6.45, 7) is -0.771. The van der Waals surface area contributed by atoms with E-state index < -0.39 is 55.1 Å². The number of halogens is 5. The first-order chi connectivity index (χ1) is 18.3. The number of alkyl halides is 3. The number of ether oxygens (including phenoxy) is 3. The second-order valence-electron chi connectivity index (χ2n) is 10.3. The third-order valence-corrected chi connectivity index (χ3v) is 11.7. The molecule has 224 valence electrons. The molecule has 0 spiro atoms. The number of nitrogens with zero attached hydrogens (tertiary/aromatic N) is 1. The third-order valence-electron chi connectivity index (χ3n) is 7.29. The molecule has 0 amide bonds. The molecule has 0 saturated heterocycles. The predicted molar refractivity (Wildman–Crippen MR) is 145 cm³/mol. The summed E-state index contributed by atoms with van der Waals surface area (Å²) in [5, 5.41) is 12.8. The summed E-state index contributed by atoms with van der Waals surface area (Å²) in [4.78, 5) is 11.7. The summed E-state index contributed by atoms with van der Waals surface area (Å²) < 4.78 is 115. The minimum Gasteiger partial charge on any atom is -0.861 e. The van der Waals surface area contributed by atoms with Gasteiger partial charge in [-0.1, -0.05) is 0 Å². The van der Waals surface area contributed by atoms with Crippen LogP contribution in [0.15, 0.2) is 21.4 Å². The van der Waals surface area contributed by atoms with E-state index in [1.54, 1.807) is 45.2 Å². The standard InChI is InChI=1S/C22H24F3I2NO10S2/c23-22(24,25)40(34,35)28-19(30)20-6-12-3-13(7-20)9-21(8-12,11-20)38-2-1-36-17(29)10-37-14-4-15(26)18(16(27)5-14)39(31,32)33/h4-5,12-13H,1-3,6-11H2,(H,28,30)(H,31,32,33)/p-2. The van der Waals surface area contributed by atoms with Crippen molar-refractivity contribution < 1.29 is 58.7 Å². The van der Waals surface area contributed by atoms with Crippen LogP contribution in [0.4, 0.5) is 13.2 Å². The Bertz CT molecular complexity index is 1400. The Morgan fingerprint density at radius 3 is 2.15 bits per heavy atom. The molecule has 40 heavy (non-hydrogen) atoms. The summed E-state index contributed by atoms with van der Waals surface area (Å²) >= 11 is 3.34. The maximum atomic E-state index is 12.8. The summed E-state index contributed by atoms with van der Waals surface area (Å²) in [6.07, 6.45) is 2.39. The SMILES string of the molecule is O=C(COc1cc(I)c(S(=O)(=O)[O-])c(I)c1)OCCOC12CC3CC(C1)CC(/C([O-])=N/S(=O)(=O)C(F)(F)F)(C3)C2. The average Bonchev–Trinajstić information content (AvgIpc) is 2.77. The molecule has 1 aromatic carbocycles. The molecule has 4 aliphatic rings. The zero-order valence-electron chi connectivity index (χ0n) is 20.4. The molecule has 5 rings (SSSR count). The fourth-order valence-corrected chi connectivity index (χ4v) is 10.8. The Hall–Kier alpha value is -0.970. The molecule has 0 aromatic heterocycles. The van der Waals surface area contributed by atoms with Crippen molar-refractivity contribution >= 4 is 77.2 Å². The highest BCUT2D eigenvalue weighted by Gasteiger charge is 2.59.